The molecule has 0 atom stereocenters. The van der Waals surface area contributed by atoms with Gasteiger partial charge in [0.1, 0.15) is 0 Å². The number of hydrogen-bond donors (Lipinski definition) is 0. The van der Waals surface area contributed by atoms with Gasteiger partial charge in [-0.3, -0.25) is 10.1 Å². The van der Waals surface area contributed by atoms with Crippen LogP contribution in [-0.4, -0.2) is 4.92 Å². The van der Waals surface area contributed by atoms with Crippen LogP contribution in [0.5, 0.6) is 5.75 Å². The number of nitro benzene ring substituents is 1. The highest BCUT2D eigenvalue weighted by atomic mass is 32.2. The number of aryl methyl sites for hydroxylation is 4. The zero-order chi connectivity index (χ0) is 18.4. The van der Waals surface area contributed by atoms with Crippen LogP contribution in [0.25, 0.3) is 0 Å². The highest BCUT2D eigenvalue weighted by Gasteiger charge is 2.20. The second-order valence-electron chi connectivity index (χ2n) is 6.37. The minimum absolute atomic E-state index is 0.0314. The molecule has 0 amide bonds. The minimum atomic E-state index is -0.367. The van der Waals surface area contributed by atoms with E-state index >= 15 is 0 Å². The van der Waals surface area contributed by atoms with Crippen molar-refractivity contribution in [1.82, 2.24) is 0 Å². The molecule has 134 valence electrons. The van der Waals surface area contributed by atoms with Crippen molar-refractivity contribution in [3.05, 3.63) is 62.7 Å². The van der Waals surface area contributed by atoms with E-state index in [9.17, 15) is 10.1 Å². The molecule has 0 saturated heterocycles. The van der Waals surface area contributed by atoms with Gasteiger partial charge < -0.3 is 4.18 Å². The third-order valence-electron chi connectivity index (χ3n) is 4.14. The van der Waals surface area contributed by atoms with E-state index in [-0.39, 0.29) is 10.6 Å². The Bertz CT molecular complexity index is 736. The average Bonchev–Trinajstić information content (AvgIpc) is 2.54. The quantitative estimate of drug-likeness (QED) is 0.239. The van der Waals surface area contributed by atoms with Gasteiger partial charge in [0.15, 0.2) is 0 Å². The maximum Gasteiger partial charge on any atom is 0.312 e. The van der Waals surface area contributed by atoms with E-state index in [0.717, 1.165) is 47.3 Å². The second kappa shape index (κ2) is 8.90. The zero-order valence-corrected chi connectivity index (χ0v) is 16.1. The Morgan fingerprint density at radius 3 is 2.40 bits per heavy atom. The summed E-state index contributed by atoms with van der Waals surface area (Å²) in [4.78, 5) is 12.1. The summed E-state index contributed by atoms with van der Waals surface area (Å²) in [5, 5.41) is 11.4. The molecule has 4 nitrogen and oxygen atoms in total. The van der Waals surface area contributed by atoms with Crippen LogP contribution < -0.4 is 4.18 Å². The average molecular weight is 359 g/mol. The van der Waals surface area contributed by atoms with Crippen molar-refractivity contribution >= 4 is 17.7 Å². The second-order valence-corrected chi connectivity index (χ2v) is 7.12. The minimum Gasteiger partial charge on any atom is -0.413 e. The van der Waals surface area contributed by atoms with Crippen molar-refractivity contribution in [3.63, 3.8) is 0 Å². The first-order chi connectivity index (χ1) is 11.9. The van der Waals surface area contributed by atoms with Crippen molar-refractivity contribution < 1.29 is 9.11 Å². The van der Waals surface area contributed by atoms with Gasteiger partial charge in [-0.1, -0.05) is 49.6 Å². The fourth-order valence-corrected chi connectivity index (χ4v) is 3.69. The highest BCUT2D eigenvalue weighted by Crippen LogP contribution is 2.38. The van der Waals surface area contributed by atoms with Gasteiger partial charge in [-0.25, -0.2) is 0 Å². The molecule has 0 radical (unpaired) electrons. The van der Waals surface area contributed by atoms with Gasteiger partial charge in [0.05, 0.1) is 21.9 Å². The molecule has 0 aromatic heterocycles. The van der Waals surface area contributed by atoms with Gasteiger partial charge in [0, 0.05) is 11.6 Å². The Morgan fingerprint density at radius 1 is 1.12 bits per heavy atom. The Balaban J connectivity index is 2.29. The molecule has 0 bridgehead atoms. The lowest BCUT2D eigenvalue weighted by molar-refractivity contribution is -0.385. The summed E-state index contributed by atoms with van der Waals surface area (Å²) in [5.41, 5.74) is 4.37. The predicted octanol–water partition coefficient (Wildman–Crippen LogP) is 6.34. The van der Waals surface area contributed by atoms with Crippen LogP contribution >= 0.6 is 12.0 Å². The molecule has 0 saturated carbocycles. The molecule has 0 unspecified atom stereocenters. The SMILES string of the molecule is CCCCCc1cccc([N+](=O)[O-])c1OSc1c(C)cc(C)cc1C. The molecule has 0 fully saturated rings. The maximum atomic E-state index is 11.4. The van der Waals surface area contributed by atoms with Crippen LogP contribution in [0.4, 0.5) is 5.69 Å². The van der Waals surface area contributed by atoms with Crippen LogP contribution in [0, 0.1) is 30.9 Å². The molecule has 5 heteroatoms. The van der Waals surface area contributed by atoms with Crippen molar-refractivity contribution in [2.24, 2.45) is 0 Å². The molecule has 0 aliphatic rings. The van der Waals surface area contributed by atoms with Gasteiger partial charge in [0.2, 0.25) is 5.75 Å². The third-order valence-corrected chi connectivity index (χ3v) is 5.20. The summed E-state index contributed by atoms with van der Waals surface area (Å²) in [6, 6.07) is 9.36. The molecular weight excluding hydrogens is 334 g/mol. The Morgan fingerprint density at radius 2 is 1.80 bits per heavy atom. The molecule has 2 aromatic rings. The number of benzene rings is 2. The van der Waals surface area contributed by atoms with Crippen LogP contribution in [0.15, 0.2) is 35.2 Å². The number of nitrogens with zero attached hydrogens (tertiary/aromatic N) is 1. The number of unbranched alkanes of at least 4 members (excludes halogenated alkanes) is 2. The summed E-state index contributed by atoms with van der Waals surface area (Å²) >= 11 is 1.22. The van der Waals surface area contributed by atoms with E-state index in [2.05, 4.69) is 26.0 Å². The number of nitro groups is 1. The lowest BCUT2D eigenvalue weighted by atomic mass is 10.1. The number of rotatable bonds is 8. The topological polar surface area (TPSA) is 52.4 Å². The fraction of sp³-hybridized carbons (Fsp3) is 0.400. The Kier molecular flexibility index (Phi) is 6.88. The monoisotopic (exact) mass is 359 g/mol. The number of para-hydroxylation sites is 1. The summed E-state index contributed by atoms with van der Waals surface area (Å²) in [7, 11) is 0. The molecule has 0 spiro atoms. The van der Waals surface area contributed by atoms with E-state index < -0.39 is 0 Å². The lowest BCUT2D eigenvalue weighted by Crippen LogP contribution is -1.99. The summed E-state index contributed by atoms with van der Waals surface area (Å²) in [6.07, 6.45) is 4.01. The predicted molar refractivity (Wildman–Crippen MR) is 103 cm³/mol. The first-order valence-corrected chi connectivity index (χ1v) is 9.36. The maximum absolute atomic E-state index is 11.4. The smallest absolute Gasteiger partial charge is 0.312 e. The van der Waals surface area contributed by atoms with Gasteiger partial charge in [-0.15, -0.1) is 0 Å². The molecule has 0 aliphatic carbocycles. The molecule has 0 N–H and O–H groups in total. The van der Waals surface area contributed by atoms with Crippen molar-refractivity contribution in [2.45, 2.75) is 58.3 Å². The van der Waals surface area contributed by atoms with E-state index in [4.69, 9.17) is 4.18 Å². The van der Waals surface area contributed by atoms with Crippen molar-refractivity contribution in [1.29, 1.82) is 0 Å². The first kappa shape index (κ1) is 19.3. The van der Waals surface area contributed by atoms with Crippen molar-refractivity contribution in [3.8, 4) is 5.75 Å². The summed E-state index contributed by atoms with van der Waals surface area (Å²) in [6.45, 7) is 8.27. The lowest BCUT2D eigenvalue weighted by Gasteiger charge is -2.13. The normalized spacial score (nSPS) is 10.7. The largest absolute Gasteiger partial charge is 0.413 e. The summed E-state index contributed by atoms with van der Waals surface area (Å²) < 4.78 is 5.92. The third kappa shape index (κ3) is 4.98. The number of hydrogen-bond acceptors (Lipinski definition) is 4. The zero-order valence-electron chi connectivity index (χ0n) is 15.3. The highest BCUT2D eigenvalue weighted by molar-refractivity contribution is 7.95. The summed E-state index contributed by atoms with van der Waals surface area (Å²) in [5.74, 6) is 0.382. The van der Waals surface area contributed by atoms with Gasteiger partial charge in [-0.2, -0.15) is 0 Å². The van der Waals surface area contributed by atoms with Gasteiger partial charge in [0.25, 0.3) is 0 Å². The van der Waals surface area contributed by atoms with Crippen LogP contribution in [-0.2, 0) is 6.42 Å². The van der Waals surface area contributed by atoms with Crippen LogP contribution in [0.1, 0.15) is 48.4 Å². The molecule has 2 rings (SSSR count). The van der Waals surface area contributed by atoms with Crippen LogP contribution in [0.2, 0.25) is 0 Å². The van der Waals surface area contributed by atoms with Gasteiger partial charge >= 0.3 is 5.69 Å². The Hall–Kier alpha value is -2.01. The first-order valence-electron chi connectivity index (χ1n) is 8.62. The van der Waals surface area contributed by atoms with Gasteiger partial charge in [-0.05, 0) is 44.7 Å². The van der Waals surface area contributed by atoms with Crippen LogP contribution in [0.3, 0.4) is 0 Å². The van der Waals surface area contributed by atoms with E-state index in [0.29, 0.717) is 5.75 Å². The standard InChI is InChI=1S/C20H25NO3S/c1-5-6-7-9-17-10-8-11-18(21(22)23)19(17)24-25-20-15(3)12-14(2)13-16(20)4/h8,10-13H,5-7,9H2,1-4H3. The molecule has 2 aromatic carbocycles. The van der Waals surface area contributed by atoms with E-state index in [1.807, 2.05) is 19.9 Å². The van der Waals surface area contributed by atoms with Crippen molar-refractivity contribution in [2.75, 3.05) is 0 Å². The fourth-order valence-electron chi connectivity index (χ4n) is 2.96. The molecular formula is C20H25NO3S. The van der Waals surface area contributed by atoms with E-state index in [1.54, 1.807) is 6.07 Å². The van der Waals surface area contributed by atoms with E-state index in [1.165, 1.54) is 23.7 Å². The molecule has 0 heterocycles. The molecule has 25 heavy (non-hydrogen) atoms. The molecule has 0 aliphatic heterocycles. The Labute approximate surface area is 154 Å².